The molecule has 1 amide bonds. The van der Waals surface area contributed by atoms with Crippen LogP contribution in [0.4, 0.5) is 17.1 Å². The van der Waals surface area contributed by atoms with Crippen molar-refractivity contribution in [1.82, 2.24) is 0 Å². The first-order valence-electron chi connectivity index (χ1n) is 7.67. The summed E-state index contributed by atoms with van der Waals surface area (Å²) in [5.74, 6) is 0.0521. The highest BCUT2D eigenvalue weighted by atomic mass is 16.6. The molecule has 132 valence electrons. The second kappa shape index (κ2) is 6.80. The van der Waals surface area contributed by atoms with Crippen molar-refractivity contribution in [1.29, 1.82) is 0 Å². The third kappa shape index (κ3) is 4.06. The first-order valence-corrected chi connectivity index (χ1v) is 7.67. The molecule has 0 atom stereocenters. The Kier molecular flexibility index (Phi) is 4.97. The van der Waals surface area contributed by atoms with Gasteiger partial charge < -0.3 is 15.8 Å². The molecule has 0 aliphatic carbocycles. The summed E-state index contributed by atoms with van der Waals surface area (Å²) < 4.78 is 5.06. The molecule has 25 heavy (non-hydrogen) atoms. The molecule has 0 fully saturated rings. The van der Waals surface area contributed by atoms with Crippen LogP contribution >= 0.6 is 0 Å². The number of nitro benzene ring substituents is 1. The van der Waals surface area contributed by atoms with Crippen molar-refractivity contribution in [3.05, 3.63) is 57.6 Å². The summed E-state index contributed by atoms with van der Waals surface area (Å²) in [7, 11) is 1.50. The standard InChI is InChI=1S/C18H21N3O4/c1-18(2,3)13-7-5-11(9-15(13)21(23)24)17(22)20-12-6-8-16(25-4)14(19)10-12/h5-10H,19H2,1-4H3,(H,20,22). The minimum absolute atomic E-state index is 0.0746. The summed E-state index contributed by atoms with van der Waals surface area (Å²) in [6, 6.07) is 9.34. The number of ether oxygens (including phenoxy) is 1. The monoisotopic (exact) mass is 343 g/mol. The van der Waals surface area contributed by atoms with E-state index in [0.717, 1.165) is 0 Å². The van der Waals surface area contributed by atoms with E-state index in [1.807, 2.05) is 20.8 Å². The van der Waals surface area contributed by atoms with Crippen LogP contribution in [0, 0.1) is 10.1 Å². The Hall–Kier alpha value is -3.09. The number of nitrogens with zero attached hydrogens (tertiary/aromatic N) is 1. The number of amides is 1. The SMILES string of the molecule is COc1ccc(NC(=O)c2ccc(C(C)(C)C)c([N+](=O)[O-])c2)cc1N. The Bertz CT molecular complexity index is 826. The molecule has 0 saturated carbocycles. The molecular weight excluding hydrogens is 322 g/mol. The second-order valence-electron chi connectivity index (χ2n) is 6.65. The molecule has 2 rings (SSSR count). The van der Waals surface area contributed by atoms with Crippen LogP contribution < -0.4 is 15.8 Å². The summed E-state index contributed by atoms with van der Waals surface area (Å²) in [6.07, 6.45) is 0. The number of nitrogens with one attached hydrogen (secondary N) is 1. The first kappa shape index (κ1) is 18.3. The Balaban J connectivity index is 2.32. The lowest BCUT2D eigenvalue weighted by molar-refractivity contribution is -0.386. The molecule has 7 heteroatoms. The smallest absolute Gasteiger partial charge is 0.273 e. The number of benzene rings is 2. The number of nitrogen functional groups attached to an aromatic ring is 1. The average molecular weight is 343 g/mol. The number of rotatable bonds is 4. The number of hydrogen-bond donors (Lipinski definition) is 2. The number of anilines is 2. The minimum Gasteiger partial charge on any atom is -0.495 e. The summed E-state index contributed by atoms with van der Waals surface area (Å²) in [6.45, 7) is 5.65. The van der Waals surface area contributed by atoms with E-state index in [9.17, 15) is 14.9 Å². The molecule has 0 saturated heterocycles. The van der Waals surface area contributed by atoms with Gasteiger partial charge in [-0.25, -0.2) is 0 Å². The van der Waals surface area contributed by atoms with Crippen molar-refractivity contribution >= 4 is 23.0 Å². The predicted molar refractivity (Wildman–Crippen MR) is 97.2 cm³/mol. The minimum atomic E-state index is -0.470. The van der Waals surface area contributed by atoms with Crippen LogP contribution in [0.25, 0.3) is 0 Å². The lowest BCUT2D eigenvalue weighted by Crippen LogP contribution is -2.16. The van der Waals surface area contributed by atoms with Gasteiger partial charge in [-0.1, -0.05) is 26.8 Å². The normalized spacial score (nSPS) is 11.0. The molecule has 0 aliphatic heterocycles. The van der Waals surface area contributed by atoms with Crippen molar-refractivity contribution in [2.45, 2.75) is 26.2 Å². The van der Waals surface area contributed by atoms with Gasteiger partial charge in [0.15, 0.2) is 0 Å². The maximum atomic E-state index is 12.4. The van der Waals surface area contributed by atoms with Gasteiger partial charge in [-0.05, 0) is 29.7 Å². The van der Waals surface area contributed by atoms with Crippen molar-refractivity contribution in [3.63, 3.8) is 0 Å². The summed E-state index contributed by atoms with van der Waals surface area (Å²) in [5.41, 5.74) is 6.97. The van der Waals surface area contributed by atoms with Gasteiger partial charge in [-0.15, -0.1) is 0 Å². The molecule has 7 nitrogen and oxygen atoms in total. The second-order valence-corrected chi connectivity index (χ2v) is 6.65. The molecule has 2 aromatic carbocycles. The number of methoxy groups -OCH3 is 1. The Morgan fingerprint density at radius 1 is 1.20 bits per heavy atom. The van der Waals surface area contributed by atoms with E-state index < -0.39 is 16.2 Å². The summed E-state index contributed by atoms with van der Waals surface area (Å²) in [4.78, 5) is 23.3. The lowest BCUT2D eigenvalue weighted by atomic mass is 9.85. The molecule has 0 unspecified atom stereocenters. The molecule has 0 radical (unpaired) electrons. The van der Waals surface area contributed by atoms with Crippen LogP contribution in [-0.2, 0) is 5.41 Å². The number of nitrogens with two attached hydrogens (primary N) is 1. The van der Waals surface area contributed by atoms with Crippen LogP contribution in [0.1, 0.15) is 36.7 Å². The molecule has 0 bridgehead atoms. The van der Waals surface area contributed by atoms with Gasteiger partial charge in [0, 0.05) is 22.9 Å². The van der Waals surface area contributed by atoms with Crippen molar-refractivity contribution in [2.75, 3.05) is 18.2 Å². The van der Waals surface area contributed by atoms with Crippen LogP contribution in [0.5, 0.6) is 5.75 Å². The van der Waals surface area contributed by atoms with Gasteiger partial charge in [-0.2, -0.15) is 0 Å². The van der Waals surface area contributed by atoms with E-state index in [1.165, 1.54) is 13.2 Å². The largest absolute Gasteiger partial charge is 0.495 e. The zero-order valence-corrected chi connectivity index (χ0v) is 14.6. The molecular formula is C18H21N3O4. The van der Waals surface area contributed by atoms with E-state index in [1.54, 1.807) is 30.3 Å². The first-order chi connectivity index (χ1) is 11.6. The number of carbonyl (C=O) groups is 1. The highest BCUT2D eigenvalue weighted by Gasteiger charge is 2.26. The highest BCUT2D eigenvalue weighted by molar-refractivity contribution is 6.05. The Morgan fingerprint density at radius 3 is 2.40 bits per heavy atom. The van der Waals surface area contributed by atoms with E-state index in [-0.39, 0.29) is 11.3 Å². The van der Waals surface area contributed by atoms with Gasteiger partial charge in [-0.3, -0.25) is 14.9 Å². The maximum absolute atomic E-state index is 12.4. The molecule has 0 aliphatic rings. The molecule has 0 aromatic heterocycles. The lowest BCUT2D eigenvalue weighted by Gasteiger charge is -2.19. The van der Waals surface area contributed by atoms with Gasteiger partial charge in [0.05, 0.1) is 17.7 Å². The van der Waals surface area contributed by atoms with Gasteiger partial charge in [0.2, 0.25) is 0 Å². The third-order valence-corrected chi connectivity index (χ3v) is 3.75. The van der Waals surface area contributed by atoms with E-state index in [4.69, 9.17) is 10.5 Å². The Morgan fingerprint density at radius 2 is 1.88 bits per heavy atom. The predicted octanol–water partition coefficient (Wildman–Crippen LogP) is 3.74. The van der Waals surface area contributed by atoms with Gasteiger partial charge in [0.1, 0.15) is 5.75 Å². The number of hydrogen-bond acceptors (Lipinski definition) is 5. The zero-order valence-electron chi connectivity index (χ0n) is 14.6. The maximum Gasteiger partial charge on any atom is 0.273 e. The molecule has 0 spiro atoms. The van der Waals surface area contributed by atoms with Crippen LogP contribution in [0.15, 0.2) is 36.4 Å². The van der Waals surface area contributed by atoms with Gasteiger partial charge >= 0.3 is 0 Å². The fourth-order valence-electron chi connectivity index (χ4n) is 2.47. The van der Waals surface area contributed by atoms with E-state index in [0.29, 0.717) is 22.7 Å². The Labute approximate surface area is 145 Å². The molecule has 0 heterocycles. The fraction of sp³-hybridized carbons (Fsp3) is 0.278. The van der Waals surface area contributed by atoms with Crippen LogP contribution in [0.2, 0.25) is 0 Å². The highest BCUT2D eigenvalue weighted by Crippen LogP contribution is 2.32. The topological polar surface area (TPSA) is 107 Å². The molecule has 2 aromatic rings. The van der Waals surface area contributed by atoms with Crippen molar-refractivity contribution < 1.29 is 14.5 Å². The van der Waals surface area contributed by atoms with E-state index >= 15 is 0 Å². The zero-order chi connectivity index (χ0) is 18.8. The summed E-state index contributed by atoms with van der Waals surface area (Å²) in [5, 5.41) is 14.0. The van der Waals surface area contributed by atoms with Crippen LogP contribution in [-0.4, -0.2) is 17.9 Å². The number of nitro groups is 1. The van der Waals surface area contributed by atoms with Crippen molar-refractivity contribution in [2.24, 2.45) is 0 Å². The number of carbonyl (C=O) groups excluding carboxylic acids is 1. The average Bonchev–Trinajstić information content (AvgIpc) is 2.53. The summed E-state index contributed by atoms with van der Waals surface area (Å²) >= 11 is 0. The fourth-order valence-corrected chi connectivity index (χ4v) is 2.47. The van der Waals surface area contributed by atoms with Crippen LogP contribution in [0.3, 0.4) is 0 Å². The van der Waals surface area contributed by atoms with Gasteiger partial charge in [0.25, 0.3) is 11.6 Å². The van der Waals surface area contributed by atoms with E-state index in [2.05, 4.69) is 5.32 Å². The third-order valence-electron chi connectivity index (χ3n) is 3.75. The van der Waals surface area contributed by atoms with Crippen molar-refractivity contribution in [3.8, 4) is 5.75 Å². The molecule has 3 N–H and O–H groups in total. The quantitative estimate of drug-likeness (QED) is 0.499.